The molecule has 2 nitrogen and oxygen atoms in total. The Kier molecular flexibility index (Phi) is 4.61. The Morgan fingerprint density at radius 3 is 2.35 bits per heavy atom. The minimum absolute atomic E-state index is 0.0580. The highest BCUT2D eigenvalue weighted by molar-refractivity contribution is 7.90. The summed E-state index contributed by atoms with van der Waals surface area (Å²) in [6.07, 6.45) is 1.93. The second kappa shape index (κ2) is 6.23. The Bertz CT molecular complexity index is 673. The van der Waals surface area contributed by atoms with E-state index in [0.717, 1.165) is 29.5 Å². The summed E-state index contributed by atoms with van der Waals surface area (Å²) in [5.41, 5.74) is 3.11. The van der Waals surface area contributed by atoms with E-state index in [4.69, 9.17) is 0 Å². The van der Waals surface area contributed by atoms with Gasteiger partial charge in [0.1, 0.15) is 0 Å². The molecule has 106 valence electrons. The Morgan fingerprint density at radius 2 is 1.70 bits per heavy atom. The van der Waals surface area contributed by atoms with Gasteiger partial charge < -0.3 is 0 Å². The number of rotatable bonds is 5. The molecule has 2 rings (SSSR count). The molecule has 0 bridgehead atoms. The van der Waals surface area contributed by atoms with E-state index in [1.54, 1.807) is 6.07 Å². The van der Waals surface area contributed by atoms with E-state index in [0.29, 0.717) is 4.90 Å². The van der Waals surface area contributed by atoms with Crippen molar-refractivity contribution in [3.8, 4) is 0 Å². The maximum Gasteiger partial charge on any atom is 0.182 e. The lowest BCUT2D eigenvalue weighted by atomic mass is 10.0. The maximum atomic E-state index is 12.5. The van der Waals surface area contributed by atoms with Crippen molar-refractivity contribution in [3.05, 3.63) is 65.2 Å². The van der Waals surface area contributed by atoms with Crippen LogP contribution in [0.4, 0.5) is 0 Å². The molecule has 2 aromatic rings. The van der Waals surface area contributed by atoms with Crippen LogP contribution in [-0.4, -0.2) is 8.42 Å². The summed E-state index contributed by atoms with van der Waals surface area (Å²) in [4.78, 5) is 0.426. The highest BCUT2D eigenvalue weighted by Crippen LogP contribution is 2.20. The molecule has 0 N–H and O–H groups in total. The lowest BCUT2D eigenvalue weighted by molar-refractivity contribution is 0.595. The van der Waals surface area contributed by atoms with Gasteiger partial charge in [0.2, 0.25) is 0 Å². The van der Waals surface area contributed by atoms with Crippen LogP contribution < -0.4 is 0 Å². The summed E-state index contributed by atoms with van der Waals surface area (Å²) < 4.78 is 24.9. The molecule has 0 radical (unpaired) electrons. The maximum absolute atomic E-state index is 12.5. The quantitative estimate of drug-likeness (QED) is 0.835. The van der Waals surface area contributed by atoms with Gasteiger partial charge >= 0.3 is 0 Å². The van der Waals surface area contributed by atoms with Gasteiger partial charge in [-0.25, -0.2) is 8.42 Å². The second-order valence-electron chi connectivity index (χ2n) is 5.08. The Hall–Kier alpha value is -1.61. The third-order valence-corrected chi connectivity index (χ3v) is 5.08. The summed E-state index contributed by atoms with van der Waals surface area (Å²) in [6, 6.07) is 14.8. The van der Waals surface area contributed by atoms with E-state index >= 15 is 0 Å². The van der Waals surface area contributed by atoms with E-state index in [1.165, 1.54) is 0 Å². The normalized spacial score (nSPS) is 11.5. The number of hydrogen-bond acceptors (Lipinski definition) is 2. The first-order valence-electron chi connectivity index (χ1n) is 6.89. The zero-order chi connectivity index (χ0) is 14.6. The van der Waals surface area contributed by atoms with Crippen molar-refractivity contribution in [2.24, 2.45) is 0 Å². The average Bonchev–Trinajstić information content (AvgIpc) is 2.42. The predicted octanol–water partition coefficient (Wildman–Crippen LogP) is 3.92. The van der Waals surface area contributed by atoms with Gasteiger partial charge in [0, 0.05) is 0 Å². The Morgan fingerprint density at radius 1 is 1.00 bits per heavy atom. The lowest BCUT2D eigenvalue weighted by Crippen LogP contribution is -2.06. The molecule has 0 spiro atoms. The molecule has 20 heavy (non-hydrogen) atoms. The number of aryl methyl sites for hydroxylation is 2. The molecule has 0 aliphatic carbocycles. The largest absolute Gasteiger partial charge is 0.223 e. The SMILES string of the molecule is CCCc1cc(S(=O)(=O)Cc2ccccc2)ccc1C. The van der Waals surface area contributed by atoms with E-state index in [-0.39, 0.29) is 5.75 Å². The van der Waals surface area contributed by atoms with Crippen LogP contribution in [0.3, 0.4) is 0 Å². The number of benzene rings is 2. The highest BCUT2D eigenvalue weighted by Gasteiger charge is 2.16. The molecular formula is C17H20O2S. The second-order valence-corrected chi connectivity index (χ2v) is 7.07. The van der Waals surface area contributed by atoms with Crippen molar-refractivity contribution in [2.45, 2.75) is 37.3 Å². The third kappa shape index (κ3) is 3.48. The van der Waals surface area contributed by atoms with Gasteiger partial charge in [-0.2, -0.15) is 0 Å². The van der Waals surface area contributed by atoms with E-state index in [2.05, 4.69) is 6.92 Å². The molecular weight excluding hydrogens is 268 g/mol. The van der Waals surface area contributed by atoms with Crippen LogP contribution in [0, 0.1) is 6.92 Å². The summed E-state index contributed by atoms with van der Waals surface area (Å²) in [5.74, 6) is 0.0580. The van der Waals surface area contributed by atoms with Gasteiger partial charge in [-0.3, -0.25) is 0 Å². The predicted molar refractivity (Wildman–Crippen MR) is 82.5 cm³/mol. The number of sulfone groups is 1. The Labute approximate surface area is 121 Å². The lowest BCUT2D eigenvalue weighted by Gasteiger charge is -2.09. The van der Waals surface area contributed by atoms with Crippen molar-refractivity contribution in [3.63, 3.8) is 0 Å². The Balaban J connectivity index is 2.32. The summed E-state index contributed by atoms with van der Waals surface area (Å²) in [7, 11) is -3.27. The molecule has 0 amide bonds. The minimum atomic E-state index is -3.27. The van der Waals surface area contributed by atoms with Crippen LogP contribution in [-0.2, 0) is 22.0 Å². The van der Waals surface area contributed by atoms with E-state index < -0.39 is 9.84 Å². The van der Waals surface area contributed by atoms with Crippen LogP contribution in [0.2, 0.25) is 0 Å². The van der Waals surface area contributed by atoms with Gasteiger partial charge in [0.25, 0.3) is 0 Å². The fourth-order valence-electron chi connectivity index (χ4n) is 2.26. The van der Waals surface area contributed by atoms with Crippen molar-refractivity contribution >= 4 is 9.84 Å². The van der Waals surface area contributed by atoms with Crippen molar-refractivity contribution in [1.29, 1.82) is 0 Å². The molecule has 0 aliphatic rings. The molecule has 0 unspecified atom stereocenters. The third-order valence-electron chi connectivity index (χ3n) is 3.40. The van der Waals surface area contributed by atoms with Gasteiger partial charge in [0.05, 0.1) is 10.6 Å². The van der Waals surface area contributed by atoms with Gasteiger partial charge in [-0.15, -0.1) is 0 Å². The van der Waals surface area contributed by atoms with Crippen molar-refractivity contribution in [1.82, 2.24) is 0 Å². The van der Waals surface area contributed by atoms with Crippen LogP contribution in [0.15, 0.2) is 53.4 Å². The molecule has 3 heteroatoms. The first kappa shape index (κ1) is 14.8. The van der Waals surface area contributed by atoms with Gasteiger partial charge in [0.15, 0.2) is 9.84 Å². The van der Waals surface area contributed by atoms with Crippen LogP contribution in [0.5, 0.6) is 0 Å². The zero-order valence-electron chi connectivity index (χ0n) is 12.0. The highest BCUT2D eigenvalue weighted by atomic mass is 32.2. The smallest absolute Gasteiger partial charge is 0.182 e. The first-order valence-corrected chi connectivity index (χ1v) is 8.54. The molecule has 0 atom stereocenters. The molecule has 0 fully saturated rings. The average molecular weight is 288 g/mol. The minimum Gasteiger partial charge on any atom is -0.223 e. The van der Waals surface area contributed by atoms with E-state index in [9.17, 15) is 8.42 Å². The topological polar surface area (TPSA) is 34.1 Å². The summed E-state index contributed by atoms with van der Waals surface area (Å²) in [6.45, 7) is 4.13. The van der Waals surface area contributed by atoms with Crippen LogP contribution >= 0.6 is 0 Å². The molecule has 2 aromatic carbocycles. The molecule has 0 aromatic heterocycles. The summed E-state index contributed by atoms with van der Waals surface area (Å²) >= 11 is 0. The zero-order valence-corrected chi connectivity index (χ0v) is 12.8. The van der Waals surface area contributed by atoms with Gasteiger partial charge in [-0.05, 0) is 42.2 Å². The summed E-state index contributed by atoms with van der Waals surface area (Å²) in [5, 5.41) is 0. The van der Waals surface area contributed by atoms with E-state index in [1.807, 2.05) is 49.4 Å². The fourth-order valence-corrected chi connectivity index (χ4v) is 3.65. The number of hydrogen-bond donors (Lipinski definition) is 0. The van der Waals surface area contributed by atoms with Crippen LogP contribution in [0.1, 0.15) is 30.0 Å². The molecule has 0 heterocycles. The first-order chi connectivity index (χ1) is 9.53. The molecule has 0 saturated carbocycles. The molecule has 0 aliphatic heterocycles. The van der Waals surface area contributed by atoms with Crippen molar-refractivity contribution < 1.29 is 8.42 Å². The van der Waals surface area contributed by atoms with Crippen LogP contribution in [0.25, 0.3) is 0 Å². The fraction of sp³-hybridized carbons (Fsp3) is 0.294. The molecule has 0 saturated heterocycles. The monoisotopic (exact) mass is 288 g/mol. The standard InChI is InChI=1S/C17H20O2S/c1-3-7-16-12-17(11-10-14(16)2)20(18,19)13-15-8-5-4-6-9-15/h4-6,8-12H,3,7,13H2,1-2H3. The van der Waals surface area contributed by atoms with Gasteiger partial charge in [-0.1, -0.05) is 49.7 Å². The van der Waals surface area contributed by atoms with Crippen molar-refractivity contribution in [2.75, 3.05) is 0 Å².